The zero-order valence-electron chi connectivity index (χ0n) is 8.60. The number of hydrogen-bond donors (Lipinski definition) is 2. The molecule has 5 heteroatoms. The van der Waals surface area contributed by atoms with Crippen LogP contribution in [0, 0.1) is 6.92 Å². The van der Waals surface area contributed by atoms with Gasteiger partial charge in [0, 0.05) is 12.1 Å². The van der Waals surface area contributed by atoms with Crippen molar-refractivity contribution >= 4 is 22.9 Å². The van der Waals surface area contributed by atoms with Gasteiger partial charge in [-0.3, -0.25) is 5.10 Å². The molecule has 3 nitrogen and oxygen atoms in total. The quantitative estimate of drug-likeness (QED) is 0.868. The van der Waals surface area contributed by atoms with Crippen LogP contribution in [0.15, 0.2) is 12.1 Å². The largest absolute Gasteiger partial charge is 0.314 e. The Bertz CT molecular complexity index is 461. The van der Waals surface area contributed by atoms with E-state index in [2.05, 4.69) is 22.4 Å². The van der Waals surface area contributed by atoms with Crippen LogP contribution in [0.1, 0.15) is 11.3 Å². The van der Waals surface area contributed by atoms with Gasteiger partial charge in [0.1, 0.15) is 5.69 Å². The lowest BCUT2D eigenvalue weighted by atomic mass is 10.2. The first-order valence-corrected chi connectivity index (χ1v) is 5.86. The van der Waals surface area contributed by atoms with Crippen molar-refractivity contribution in [3.8, 4) is 10.6 Å². The Hall–Kier alpha value is -0.840. The highest BCUT2D eigenvalue weighted by Crippen LogP contribution is 2.32. The number of H-pyrrole nitrogens is 1. The van der Waals surface area contributed by atoms with Gasteiger partial charge in [-0.2, -0.15) is 5.10 Å². The fourth-order valence-electron chi connectivity index (χ4n) is 1.46. The van der Waals surface area contributed by atoms with Crippen molar-refractivity contribution in [2.75, 3.05) is 7.05 Å². The number of aromatic nitrogens is 2. The van der Waals surface area contributed by atoms with Crippen LogP contribution in [0.3, 0.4) is 0 Å². The molecule has 0 spiro atoms. The van der Waals surface area contributed by atoms with Crippen LogP contribution in [0.25, 0.3) is 10.6 Å². The normalized spacial score (nSPS) is 10.9. The van der Waals surface area contributed by atoms with E-state index in [1.807, 2.05) is 19.2 Å². The lowest BCUT2D eigenvalue weighted by Crippen LogP contribution is -2.06. The Morgan fingerprint density at radius 2 is 2.33 bits per heavy atom. The Morgan fingerprint density at radius 1 is 1.53 bits per heavy atom. The van der Waals surface area contributed by atoms with Gasteiger partial charge in [0.25, 0.3) is 0 Å². The second kappa shape index (κ2) is 4.35. The minimum atomic E-state index is 0.794. The first-order valence-electron chi connectivity index (χ1n) is 4.66. The van der Waals surface area contributed by atoms with Gasteiger partial charge in [0.05, 0.1) is 14.9 Å². The molecular formula is C10H12ClN3S. The molecule has 80 valence electrons. The summed E-state index contributed by atoms with van der Waals surface area (Å²) in [4.78, 5) is 1.11. The summed E-state index contributed by atoms with van der Waals surface area (Å²) in [6, 6.07) is 3.90. The van der Waals surface area contributed by atoms with Crippen LogP contribution in [0.2, 0.25) is 4.34 Å². The van der Waals surface area contributed by atoms with E-state index in [1.165, 1.54) is 5.56 Å². The number of aromatic amines is 1. The molecule has 2 rings (SSSR count). The lowest BCUT2D eigenvalue weighted by molar-refractivity contribution is 0.779. The summed E-state index contributed by atoms with van der Waals surface area (Å²) >= 11 is 7.45. The molecule has 0 aliphatic rings. The van der Waals surface area contributed by atoms with Crippen LogP contribution in [-0.2, 0) is 6.54 Å². The molecule has 0 radical (unpaired) electrons. The van der Waals surface area contributed by atoms with Gasteiger partial charge < -0.3 is 5.32 Å². The van der Waals surface area contributed by atoms with Crippen LogP contribution in [-0.4, -0.2) is 17.2 Å². The van der Waals surface area contributed by atoms with E-state index < -0.39 is 0 Å². The van der Waals surface area contributed by atoms with Crippen LogP contribution in [0.5, 0.6) is 0 Å². The van der Waals surface area contributed by atoms with Crippen molar-refractivity contribution in [3.63, 3.8) is 0 Å². The maximum atomic E-state index is 5.90. The molecule has 0 unspecified atom stereocenters. The molecule has 2 heterocycles. The molecule has 2 aromatic heterocycles. The lowest BCUT2D eigenvalue weighted by Gasteiger charge is -1.97. The number of nitrogens with one attached hydrogen (secondary N) is 2. The van der Waals surface area contributed by atoms with Crippen molar-refractivity contribution in [3.05, 3.63) is 27.7 Å². The van der Waals surface area contributed by atoms with E-state index >= 15 is 0 Å². The molecule has 0 aliphatic carbocycles. The van der Waals surface area contributed by atoms with E-state index in [0.29, 0.717) is 0 Å². The number of hydrogen-bond acceptors (Lipinski definition) is 3. The molecule has 0 aliphatic heterocycles. The molecule has 0 bridgehead atoms. The molecule has 0 amide bonds. The highest BCUT2D eigenvalue weighted by molar-refractivity contribution is 7.19. The van der Waals surface area contributed by atoms with E-state index in [0.717, 1.165) is 27.1 Å². The monoisotopic (exact) mass is 241 g/mol. The predicted octanol–water partition coefficient (Wildman–Crippen LogP) is 2.82. The van der Waals surface area contributed by atoms with Crippen molar-refractivity contribution in [2.24, 2.45) is 0 Å². The topological polar surface area (TPSA) is 40.7 Å². The third-order valence-corrected chi connectivity index (χ3v) is 3.51. The first-order chi connectivity index (χ1) is 7.22. The van der Waals surface area contributed by atoms with E-state index in [1.54, 1.807) is 11.3 Å². The Kier molecular flexibility index (Phi) is 3.09. The summed E-state index contributed by atoms with van der Waals surface area (Å²) in [7, 11) is 1.92. The fourth-order valence-corrected chi connectivity index (χ4v) is 2.55. The maximum Gasteiger partial charge on any atom is 0.105 e. The third-order valence-electron chi connectivity index (χ3n) is 2.27. The smallest absolute Gasteiger partial charge is 0.105 e. The highest BCUT2D eigenvalue weighted by atomic mass is 35.5. The summed E-state index contributed by atoms with van der Waals surface area (Å²) in [5.74, 6) is 0. The van der Waals surface area contributed by atoms with Crippen LogP contribution in [0.4, 0.5) is 0 Å². The Labute approximate surface area is 97.5 Å². The molecule has 0 saturated carbocycles. The standard InChI is InChI=1S/C10H12ClN3S/c1-6-7(5-12-2)13-14-10(6)8-3-4-9(11)15-8/h3-4,12H,5H2,1-2H3,(H,13,14). The van der Waals surface area contributed by atoms with Crippen molar-refractivity contribution in [1.29, 1.82) is 0 Å². The highest BCUT2D eigenvalue weighted by Gasteiger charge is 2.11. The number of nitrogens with zero attached hydrogens (tertiary/aromatic N) is 1. The molecule has 15 heavy (non-hydrogen) atoms. The average molecular weight is 242 g/mol. The summed E-state index contributed by atoms with van der Waals surface area (Å²) in [5, 5.41) is 10.4. The zero-order valence-corrected chi connectivity index (χ0v) is 10.2. The molecule has 0 aromatic carbocycles. The third kappa shape index (κ3) is 2.07. The average Bonchev–Trinajstić information content (AvgIpc) is 2.76. The van der Waals surface area contributed by atoms with Crippen molar-refractivity contribution in [2.45, 2.75) is 13.5 Å². The molecule has 0 saturated heterocycles. The van der Waals surface area contributed by atoms with E-state index in [-0.39, 0.29) is 0 Å². The minimum Gasteiger partial charge on any atom is -0.314 e. The molecular weight excluding hydrogens is 230 g/mol. The van der Waals surface area contributed by atoms with Crippen LogP contribution < -0.4 is 5.32 Å². The van der Waals surface area contributed by atoms with Gasteiger partial charge in [0.2, 0.25) is 0 Å². The first kappa shape index (κ1) is 10.7. The van der Waals surface area contributed by atoms with Crippen molar-refractivity contribution < 1.29 is 0 Å². The predicted molar refractivity (Wildman–Crippen MR) is 64.4 cm³/mol. The fraction of sp³-hybridized carbons (Fsp3) is 0.300. The number of thiophene rings is 1. The molecule has 2 aromatic rings. The second-order valence-corrected chi connectivity index (χ2v) is 5.02. The summed E-state index contributed by atoms with van der Waals surface area (Å²) in [5.41, 5.74) is 3.30. The van der Waals surface area contributed by atoms with Gasteiger partial charge >= 0.3 is 0 Å². The van der Waals surface area contributed by atoms with Gasteiger partial charge in [-0.15, -0.1) is 11.3 Å². The van der Waals surface area contributed by atoms with E-state index in [9.17, 15) is 0 Å². The summed E-state index contributed by atoms with van der Waals surface area (Å²) in [6.07, 6.45) is 0. The maximum absolute atomic E-state index is 5.90. The Morgan fingerprint density at radius 3 is 2.93 bits per heavy atom. The number of rotatable bonds is 3. The Balaban J connectivity index is 2.37. The van der Waals surface area contributed by atoms with E-state index in [4.69, 9.17) is 11.6 Å². The number of halogens is 1. The molecule has 0 fully saturated rings. The zero-order chi connectivity index (χ0) is 10.8. The van der Waals surface area contributed by atoms with Gasteiger partial charge in [0.15, 0.2) is 0 Å². The second-order valence-electron chi connectivity index (χ2n) is 3.31. The van der Waals surface area contributed by atoms with Gasteiger partial charge in [-0.1, -0.05) is 11.6 Å². The van der Waals surface area contributed by atoms with Crippen LogP contribution >= 0.6 is 22.9 Å². The van der Waals surface area contributed by atoms with Gasteiger partial charge in [-0.25, -0.2) is 0 Å². The van der Waals surface area contributed by atoms with Crippen molar-refractivity contribution in [1.82, 2.24) is 15.5 Å². The summed E-state index contributed by atoms with van der Waals surface area (Å²) in [6.45, 7) is 2.87. The molecule has 2 N–H and O–H groups in total. The summed E-state index contributed by atoms with van der Waals surface area (Å²) < 4.78 is 0.794. The SMILES string of the molecule is CNCc1[nH]nc(-c2ccc(Cl)s2)c1C. The molecule has 0 atom stereocenters. The van der Waals surface area contributed by atoms with Gasteiger partial charge in [-0.05, 0) is 26.1 Å². The minimum absolute atomic E-state index is 0.794.